The maximum atomic E-state index is 12.0. The molecule has 0 aromatic rings. The van der Waals surface area contributed by atoms with Crippen LogP contribution in [0.15, 0.2) is 0 Å². The van der Waals surface area contributed by atoms with Crippen molar-refractivity contribution in [1.29, 1.82) is 0 Å². The standard InChI is InChI=1S/C16H32N2O2/c1-6-7-14-8-10-18(12-14)11-9-16(4,15(19)20-5)17-13(2)3/h13-14,17H,6-12H2,1-5H3. The molecule has 1 fully saturated rings. The Bertz CT molecular complexity index is 307. The minimum Gasteiger partial charge on any atom is -0.468 e. The van der Waals surface area contributed by atoms with Crippen LogP contribution in [0.4, 0.5) is 0 Å². The first-order valence-electron chi connectivity index (χ1n) is 7.99. The highest BCUT2D eigenvalue weighted by Gasteiger charge is 2.35. The van der Waals surface area contributed by atoms with Crippen LogP contribution in [0.2, 0.25) is 0 Å². The van der Waals surface area contributed by atoms with Crippen LogP contribution in [0, 0.1) is 5.92 Å². The molecule has 20 heavy (non-hydrogen) atoms. The van der Waals surface area contributed by atoms with Gasteiger partial charge in [-0.15, -0.1) is 0 Å². The van der Waals surface area contributed by atoms with Crippen molar-refractivity contribution in [2.75, 3.05) is 26.7 Å². The molecule has 0 aromatic heterocycles. The third-order valence-corrected chi connectivity index (χ3v) is 4.24. The van der Waals surface area contributed by atoms with Crippen LogP contribution in [0.5, 0.6) is 0 Å². The number of hydrogen-bond acceptors (Lipinski definition) is 4. The lowest BCUT2D eigenvalue weighted by atomic mass is 9.96. The van der Waals surface area contributed by atoms with E-state index in [4.69, 9.17) is 4.74 Å². The summed E-state index contributed by atoms with van der Waals surface area (Å²) in [4.78, 5) is 14.5. The fourth-order valence-electron chi connectivity index (χ4n) is 3.24. The van der Waals surface area contributed by atoms with Crippen molar-refractivity contribution in [2.24, 2.45) is 5.92 Å². The minimum absolute atomic E-state index is 0.157. The summed E-state index contributed by atoms with van der Waals surface area (Å²) in [5.74, 6) is 0.693. The van der Waals surface area contributed by atoms with E-state index in [2.05, 4.69) is 31.0 Å². The molecule has 1 saturated heterocycles. The number of nitrogens with zero attached hydrogens (tertiary/aromatic N) is 1. The number of hydrogen-bond donors (Lipinski definition) is 1. The van der Waals surface area contributed by atoms with Crippen molar-refractivity contribution in [1.82, 2.24) is 10.2 Å². The van der Waals surface area contributed by atoms with E-state index in [1.807, 2.05) is 6.92 Å². The number of carbonyl (C=O) groups is 1. The molecule has 1 aliphatic rings. The number of esters is 1. The lowest BCUT2D eigenvalue weighted by Crippen LogP contribution is -2.54. The summed E-state index contributed by atoms with van der Waals surface area (Å²) in [6.45, 7) is 11.7. The van der Waals surface area contributed by atoms with Crippen LogP contribution in [-0.4, -0.2) is 49.2 Å². The van der Waals surface area contributed by atoms with E-state index in [9.17, 15) is 4.79 Å². The number of nitrogens with one attached hydrogen (secondary N) is 1. The van der Waals surface area contributed by atoms with E-state index in [1.54, 1.807) is 0 Å². The molecule has 0 saturated carbocycles. The summed E-state index contributed by atoms with van der Waals surface area (Å²) < 4.78 is 4.97. The maximum Gasteiger partial charge on any atom is 0.325 e. The summed E-state index contributed by atoms with van der Waals surface area (Å²) in [6, 6.07) is 0.269. The number of carbonyl (C=O) groups excluding carboxylic acids is 1. The number of ether oxygens (including phenoxy) is 1. The second-order valence-corrected chi connectivity index (χ2v) is 6.62. The zero-order valence-electron chi connectivity index (χ0n) is 13.9. The van der Waals surface area contributed by atoms with Crippen LogP contribution in [-0.2, 0) is 9.53 Å². The van der Waals surface area contributed by atoms with Crippen molar-refractivity contribution in [3.05, 3.63) is 0 Å². The first kappa shape index (κ1) is 17.4. The molecule has 0 amide bonds. The Morgan fingerprint density at radius 3 is 2.75 bits per heavy atom. The first-order valence-corrected chi connectivity index (χ1v) is 7.99. The average Bonchev–Trinajstić information content (AvgIpc) is 2.83. The third-order valence-electron chi connectivity index (χ3n) is 4.24. The molecular formula is C16H32N2O2. The monoisotopic (exact) mass is 284 g/mol. The van der Waals surface area contributed by atoms with Crippen LogP contribution in [0.3, 0.4) is 0 Å². The third kappa shape index (κ3) is 5.06. The van der Waals surface area contributed by atoms with E-state index in [-0.39, 0.29) is 12.0 Å². The summed E-state index contributed by atoms with van der Waals surface area (Å²) in [6.07, 6.45) is 4.71. The molecule has 0 radical (unpaired) electrons. The van der Waals surface area contributed by atoms with Gasteiger partial charge in [0, 0.05) is 19.1 Å². The Labute approximate surface area is 124 Å². The van der Waals surface area contributed by atoms with Gasteiger partial charge in [-0.3, -0.25) is 10.1 Å². The van der Waals surface area contributed by atoms with Gasteiger partial charge in [-0.1, -0.05) is 13.3 Å². The average molecular weight is 284 g/mol. The second kappa shape index (κ2) is 7.99. The van der Waals surface area contributed by atoms with Crippen LogP contribution in [0.25, 0.3) is 0 Å². The topological polar surface area (TPSA) is 41.6 Å². The van der Waals surface area contributed by atoms with Gasteiger partial charge in [0.25, 0.3) is 0 Å². The fraction of sp³-hybridized carbons (Fsp3) is 0.938. The minimum atomic E-state index is -0.578. The molecule has 1 aliphatic heterocycles. The lowest BCUT2D eigenvalue weighted by Gasteiger charge is -2.32. The summed E-state index contributed by atoms with van der Waals surface area (Å²) in [5.41, 5.74) is -0.578. The number of rotatable bonds is 8. The van der Waals surface area contributed by atoms with Gasteiger partial charge in [-0.05, 0) is 52.5 Å². The van der Waals surface area contributed by atoms with Gasteiger partial charge in [-0.2, -0.15) is 0 Å². The molecule has 1 N–H and O–H groups in total. The molecule has 1 rings (SSSR count). The molecule has 2 unspecified atom stereocenters. The maximum absolute atomic E-state index is 12.0. The highest BCUT2D eigenvalue weighted by atomic mass is 16.5. The number of methoxy groups -OCH3 is 1. The van der Waals surface area contributed by atoms with Gasteiger partial charge in [0.15, 0.2) is 0 Å². The Morgan fingerprint density at radius 1 is 1.50 bits per heavy atom. The van der Waals surface area contributed by atoms with Crippen LogP contribution in [0.1, 0.15) is 53.4 Å². The first-order chi connectivity index (χ1) is 9.41. The normalized spacial score (nSPS) is 23.0. The summed E-state index contributed by atoms with van der Waals surface area (Å²) in [7, 11) is 1.47. The van der Waals surface area contributed by atoms with Crippen molar-refractivity contribution in [3.63, 3.8) is 0 Å². The Balaban J connectivity index is 2.49. The highest BCUT2D eigenvalue weighted by molar-refractivity contribution is 5.80. The zero-order valence-corrected chi connectivity index (χ0v) is 13.9. The highest BCUT2D eigenvalue weighted by Crippen LogP contribution is 2.22. The van der Waals surface area contributed by atoms with Crippen LogP contribution < -0.4 is 5.32 Å². The molecule has 0 bridgehead atoms. The molecule has 2 atom stereocenters. The van der Waals surface area contributed by atoms with Crippen molar-refractivity contribution >= 4 is 5.97 Å². The van der Waals surface area contributed by atoms with Gasteiger partial charge in [0.1, 0.15) is 5.54 Å². The Hall–Kier alpha value is -0.610. The van der Waals surface area contributed by atoms with Crippen molar-refractivity contribution in [3.8, 4) is 0 Å². The molecule has 4 nitrogen and oxygen atoms in total. The van der Waals surface area contributed by atoms with Gasteiger partial charge in [-0.25, -0.2) is 0 Å². The smallest absolute Gasteiger partial charge is 0.325 e. The molecule has 0 spiro atoms. The fourth-order valence-corrected chi connectivity index (χ4v) is 3.24. The van der Waals surface area contributed by atoms with Crippen LogP contribution >= 0.6 is 0 Å². The summed E-state index contributed by atoms with van der Waals surface area (Å²) in [5, 5.41) is 3.37. The van der Waals surface area contributed by atoms with Gasteiger partial charge >= 0.3 is 5.97 Å². The lowest BCUT2D eigenvalue weighted by molar-refractivity contribution is -0.148. The predicted octanol–water partition coefficient (Wildman–Crippen LogP) is 2.43. The van der Waals surface area contributed by atoms with E-state index < -0.39 is 5.54 Å². The molecule has 118 valence electrons. The van der Waals surface area contributed by atoms with E-state index in [0.29, 0.717) is 0 Å². The molecular weight excluding hydrogens is 252 g/mol. The van der Waals surface area contributed by atoms with Gasteiger partial charge < -0.3 is 9.64 Å². The molecule has 0 aliphatic carbocycles. The quantitative estimate of drug-likeness (QED) is 0.695. The van der Waals surface area contributed by atoms with Gasteiger partial charge in [0.05, 0.1) is 7.11 Å². The summed E-state index contributed by atoms with van der Waals surface area (Å²) >= 11 is 0. The SMILES string of the molecule is CCCC1CCN(CCC(C)(NC(C)C)C(=O)OC)C1. The zero-order chi connectivity index (χ0) is 15.2. The van der Waals surface area contributed by atoms with Crippen molar-refractivity contribution in [2.45, 2.75) is 65.0 Å². The second-order valence-electron chi connectivity index (χ2n) is 6.62. The molecule has 1 heterocycles. The van der Waals surface area contributed by atoms with E-state index >= 15 is 0 Å². The number of likely N-dealkylation sites (tertiary alicyclic amines) is 1. The van der Waals surface area contributed by atoms with E-state index in [0.717, 1.165) is 18.9 Å². The largest absolute Gasteiger partial charge is 0.468 e. The molecule has 4 heteroatoms. The predicted molar refractivity (Wildman–Crippen MR) is 82.8 cm³/mol. The van der Waals surface area contributed by atoms with Crippen molar-refractivity contribution < 1.29 is 9.53 Å². The Morgan fingerprint density at radius 2 is 2.20 bits per heavy atom. The van der Waals surface area contributed by atoms with Gasteiger partial charge in [0.2, 0.25) is 0 Å². The Kier molecular flexibility index (Phi) is 6.96. The van der Waals surface area contributed by atoms with E-state index in [1.165, 1.54) is 39.5 Å². The molecule has 0 aromatic carbocycles.